The molecule has 2 N–H and O–H groups in total. The van der Waals surface area contributed by atoms with Gasteiger partial charge >= 0.3 is 18.5 Å². The molecular weight excluding hydrogens is 590 g/mol. The predicted octanol–water partition coefficient (Wildman–Crippen LogP) is 7.48. The first-order chi connectivity index (χ1) is 17.7. The van der Waals surface area contributed by atoms with Gasteiger partial charge in [0, 0.05) is 0 Å². The SMILES string of the molecule is Cc1cc(C(/C=C/c2ccc(C(=O)N[C@H](C)C(=O)NCC(F)(F)F)c(C(F)(F)F)c2)C(F)(F)F)cc(Cl)c1Cl. The molecule has 2 aromatic carbocycles. The highest BCUT2D eigenvalue weighted by Crippen LogP contribution is 2.40. The maximum Gasteiger partial charge on any atom is 0.417 e. The number of rotatable bonds is 7. The van der Waals surface area contributed by atoms with E-state index < -0.39 is 60.0 Å². The number of aryl methyl sites for hydroxylation is 1. The molecule has 0 aliphatic heterocycles. The van der Waals surface area contributed by atoms with E-state index in [1.807, 2.05) is 5.32 Å². The normalized spacial score (nSPS) is 14.3. The lowest BCUT2D eigenvalue weighted by Crippen LogP contribution is -2.47. The topological polar surface area (TPSA) is 58.2 Å². The zero-order valence-electron chi connectivity index (χ0n) is 19.9. The van der Waals surface area contributed by atoms with Gasteiger partial charge in [0.1, 0.15) is 12.6 Å². The standard InChI is InChI=1S/C24H19Cl2F9N2O2/c1-11-7-14(9-18(25)19(11)26)16(23(30,31)32)6-4-13-3-5-15(17(8-13)24(33,34)35)21(39)37-12(2)20(38)36-10-22(27,28)29/h3-9,12,16H,10H2,1-2H3,(H,36,38)(H,37,39)/b6-4+/t12-,16?/m1/s1. The number of carbonyl (C=O) groups is 2. The van der Waals surface area contributed by atoms with Gasteiger partial charge in [0.2, 0.25) is 5.91 Å². The minimum atomic E-state index is -5.15. The molecular formula is C24H19Cl2F9N2O2. The van der Waals surface area contributed by atoms with Crippen LogP contribution in [0.25, 0.3) is 6.08 Å². The number of hydrogen-bond donors (Lipinski definition) is 2. The first kappa shape index (κ1) is 32.3. The second-order valence-corrected chi connectivity index (χ2v) is 9.13. The molecule has 0 heterocycles. The van der Waals surface area contributed by atoms with Crippen LogP contribution in [0.15, 0.2) is 36.4 Å². The van der Waals surface area contributed by atoms with Gasteiger partial charge in [-0.15, -0.1) is 0 Å². The summed E-state index contributed by atoms with van der Waals surface area (Å²) in [5.74, 6) is -5.00. The first-order valence-corrected chi connectivity index (χ1v) is 11.5. The van der Waals surface area contributed by atoms with E-state index in [1.165, 1.54) is 12.2 Å². The summed E-state index contributed by atoms with van der Waals surface area (Å²) in [6.45, 7) is 0.659. The van der Waals surface area contributed by atoms with E-state index >= 15 is 0 Å². The van der Waals surface area contributed by atoms with Gasteiger partial charge in [0.25, 0.3) is 5.91 Å². The van der Waals surface area contributed by atoms with E-state index in [9.17, 15) is 49.1 Å². The van der Waals surface area contributed by atoms with Gasteiger partial charge in [0.15, 0.2) is 0 Å². The zero-order valence-corrected chi connectivity index (χ0v) is 21.4. The van der Waals surface area contributed by atoms with Crippen LogP contribution >= 0.6 is 23.2 Å². The van der Waals surface area contributed by atoms with E-state index in [4.69, 9.17) is 23.2 Å². The Morgan fingerprint density at radius 1 is 0.974 bits per heavy atom. The summed E-state index contributed by atoms with van der Waals surface area (Å²) in [6.07, 6.45) is -13.4. The summed E-state index contributed by atoms with van der Waals surface area (Å²) < 4.78 is 119. The minimum absolute atomic E-state index is 0.0427. The van der Waals surface area contributed by atoms with Gasteiger partial charge in [-0.05, 0) is 48.7 Å². The Kier molecular flexibility index (Phi) is 9.99. The van der Waals surface area contributed by atoms with Crippen LogP contribution in [0.3, 0.4) is 0 Å². The largest absolute Gasteiger partial charge is 0.417 e. The molecule has 2 rings (SSSR count). The fourth-order valence-corrected chi connectivity index (χ4v) is 3.71. The third kappa shape index (κ3) is 9.06. The predicted molar refractivity (Wildman–Crippen MR) is 126 cm³/mol. The molecule has 0 saturated carbocycles. The Morgan fingerprint density at radius 3 is 2.10 bits per heavy atom. The van der Waals surface area contributed by atoms with Gasteiger partial charge in [-0.25, -0.2) is 0 Å². The molecule has 0 fully saturated rings. The van der Waals surface area contributed by atoms with Crippen molar-refractivity contribution in [3.8, 4) is 0 Å². The highest BCUT2D eigenvalue weighted by Gasteiger charge is 2.40. The van der Waals surface area contributed by atoms with Gasteiger partial charge in [0.05, 0.1) is 27.1 Å². The summed E-state index contributed by atoms with van der Waals surface area (Å²) in [7, 11) is 0. The number of amides is 2. The Morgan fingerprint density at radius 2 is 1.59 bits per heavy atom. The van der Waals surface area contributed by atoms with Crippen LogP contribution in [0.5, 0.6) is 0 Å². The second-order valence-electron chi connectivity index (χ2n) is 8.34. The van der Waals surface area contributed by atoms with Crippen LogP contribution in [-0.2, 0) is 11.0 Å². The van der Waals surface area contributed by atoms with Crippen molar-refractivity contribution in [2.45, 2.75) is 44.3 Å². The van der Waals surface area contributed by atoms with Crippen molar-refractivity contribution < 1.29 is 49.1 Å². The lowest BCUT2D eigenvalue weighted by molar-refractivity contribution is -0.139. The number of hydrogen-bond acceptors (Lipinski definition) is 2. The molecule has 214 valence electrons. The number of nitrogens with one attached hydrogen (secondary N) is 2. The molecule has 0 radical (unpaired) electrons. The highest BCUT2D eigenvalue weighted by atomic mass is 35.5. The lowest BCUT2D eigenvalue weighted by atomic mass is 9.95. The van der Waals surface area contributed by atoms with Gasteiger partial charge in [-0.3, -0.25) is 9.59 Å². The molecule has 4 nitrogen and oxygen atoms in total. The van der Waals surface area contributed by atoms with Crippen LogP contribution in [0, 0.1) is 6.92 Å². The molecule has 0 spiro atoms. The van der Waals surface area contributed by atoms with Crippen molar-refractivity contribution in [1.29, 1.82) is 0 Å². The zero-order chi connectivity index (χ0) is 29.9. The smallest absolute Gasteiger partial charge is 0.345 e. The van der Waals surface area contributed by atoms with E-state index in [1.54, 1.807) is 0 Å². The molecule has 2 atom stereocenters. The summed E-state index contributed by atoms with van der Waals surface area (Å²) in [5.41, 5.74) is -2.95. The van der Waals surface area contributed by atoms with E-state index in [-0.39, 0.29) is 26.7 Å². The van der Waals surface area contributed by atoms with Crippen molar-refractivity contribution >= 4 is 41.1 Å². The van der Waals surface area contributed by atoms with Crippen molar-refractivity contribution in [2.24, 2.45) is 0 Å². The molecule has 39 heavy (non-hydrogen) atoms. The summed E-state index contributed by atoms with van der Waals surface area (Å²) >= 11 is 11.8. The van der Waals surface area contributed by atoms with Gasteiger partial charge in [-0.2, -0.15) is 39.5 Å². The van der Waals surface area contributed by atoms with Crippen molar-refractivity contribution in [3.05, 3.63) is 74.3 Å². The summed E-state index contributed by atoms with van der Waals surface area (Å²) in [4.78, 5) is 24.1. The van der Waals surface area contributed by atoms with E-state index in [0.717, 1.165) is 31.2 Å². The number of allylic oxidation sites excluding steroid dienone is 1. The maximum atomic E-state index is 13.8. The Hall–Kier alpha value is -2.93. The molecule has 0 aromatic heterocycles. The van der Waals surface area contributed by atoms with Crippen LogP contribution in [0.1, 0.15) is 45.5 Å². The molecule has 1 unspecified atom stereocenters. The first-order valence-electron chi connectivity index (χ1n) is 10.8. The van der Waals surface area contributed by atoms with Crippen molar-refractivity contribution in [2.75, 3.05) is 6.54 Å². The minimum Gasteiger partial charge on any atom is -0.345 e. The highest BCUT2D eigenvalue weighted by molar-refractivity contribution is 6.42. The molecule has 0 aliphatic rings. The molecule has 0 aliphatic carbocycles. The number of carbonyl (C=O) groups excluding carboxylic acids is 2. The van der Waals surface area contributed by atoms with Crippen molar-refractivity contribution in [3.63, 3.8) is 0 Å². The third-order valence-corrected chi connectivity index (χ3v) is 6.12. The quantitative estimate of drug-likeness (QED) is 0.320. The van der Waals surface area contributed by atoms with Gasteiger partial charge < -0.3 is 10.6 Å². The maximum absolute atomic E-state index is 13.8. The number of halogens is 11. The molecule has 2 aromatic rings. The average molecular weight is 609 g/mol. The van der Waals surface area contributed by atoms with Crippen LogP contribution in [0.2, 0.25) is 10.0 Å². The van der Waals surface area contributed by atoms with Crippen LogP contribution in [0.4, 0.5) is 39.5 Å². The van der Waals surface area contributed by atoms with Crippen LogP contribution < -0.4 is 10.6 Å². The Bertz CT molecular complexity index is 1230. The summed E-state index contributed by atoms with van der Waals surface area (Å²) in [6, 6.07) is 2.51. The average Bonchev–Trinajstić information content (AvgIpc) is 2.78. The van der Waals surface area contributed by atoms with E-state index in [2.05, 4.69) is 0 Å². The molecule has 0 bridgehead atoms. The van der Waals surface area contributed by atoms with Gasteiger partial charge in [-0.1, -0.05) is 47.5 Å². The van der Waals surface area contributed by atoms with E-state index in [0.29, 0.717) is 18.2 Å². The van der Waals surface area contributed by atoms with Crippen LogP contribution in [-0.4, -0.2) is 36.8 Å². The Labute approximate surface area is 226 Å². The molecule has 0 saturated heterocycles. The number of benzene rings is 2. The lowest BCUT2D eigenvalue weighted by Gasteiger charge is -2.19. The number of alkyl halides is 9. The molecule has 15 heteroatoms. The fraction of sp³-hybridized carbons (Fsp3) is 0.333. The molecule has 2 amide bonds. The second kappa shape index (κ2) is 12.1. The monoisotopic (exact) mass is 608 g/mol. The fourth-order valence-electron chi connectivity index (χ4n) is 3.33. The van der Waals surface area contributed by atoms with Crippen molar-refractivity contribution in [1.82, 2.24) is 10.6 Å². The summed E-state index contributed by atoms with van der Waals surface area (Å²) in [5, 5.41) is 3.24. The third-order valence-electron chi connectivity index (χ3n) is 5.22. The Balaban J connectivity index is 2.37.